The standard InChI is InChI=1S/C13H27NO2/c1-5-8-12(9-6-2)14(7-3)10-11(4)13(15)16/h11-12H,5-10H2,1-4H3,(H,15,16). The van der Waals surface area contributed by atoms with Crippen molar-refractivity contribution < 1.29 is 9.90 Å². The molecule has 0 aliphatic carbocycles. The number of rotatable bonds is 9. The van der Waals surface area contributed by atoms with E-state index in [4.69, 9.17) is 5.11 Å². The van der Waals surface area contributed by atoms with Crippen molar-refractivity contribution in [2.45, 2.75) is 59.4 Å². The average Bonchev–Trinajstić information content (AvgIpc) is 2.25. The van der Waals surface area contributed by atoms with E-state index in [0.717, 1.165) is 6.54 Å². The van der Waals surface area contributed by atoms with Crippen LogP contribution in [0.2, 0.25) is 0 Å². The molecule has 0 rings (SSSR count). The van der Waals surface area contributed by atoms with E-state index < -0.39 is 5.97 Å². The van der Waals surface area contributed by atoms with Crippen molar-refractivity contribution in [3.63, 3.8) is 0 Å². The zero-order chi connectivity index (χ0) is 12.6. The highest BCUT2D eigenvalue weighted by Crippen LogP contribution is 2.15. The molecule has 16 heavy (non-hydrogen) atoms. The quantitative estimate of drug-likeness (QED) is 0.660. The zero-order valence-electron chi connectivity index (χ0n) is 11.2. The lowest BCUT2D eigenvalue weighted by Crippen LogP contribution is -2.39. The minimum Gasteiger partial charge on any atom is -0.481 e. The Labute approximate surface area is 99.8 Å². The van der Waals surface area contributed by atoms with Crippen molar-refractivity contribution in [1.82, 2.24) is 4.90 Å². The summed E-state index contributed by atoms with van der Waals surface area (Å²) in [6.07, 6.45) is 4.69. The largest absolute Gasteiger partial charge is 0.481 e. The summed E-state index contributed by atoms with van der Waals surface area (Å²) in [6, 6.07) is 0.557. The summed E-state index contributed by atoms with van der Waals surface area (Å²) in [4.78, 5) is 13.2. The number of nitrogens with zero attached hydrogens (tertiary/aromatic N) is 1. The van der Waals surface area contributed by atoms with E-state index in [1.807, 2.05) is 0 Å². The van der Waals surface area contributed by atoms with E-state index in [1.165, 1.54) is 25.7 Å². The van der Waals surface area contributed by atoms with Crippen LogP contribution in [-0.2, 0) is 4.79 Å². The molecule has 1 unspecified atom stereocenters. The van der Waals surface area contributed by atoms with E-state index in [0.29, 0.717) is 12.6 Å². The second-order valence-corrected chi connectivity index (χ2v) is 4.56. The van der Waals surface area contributed by atoms with Gasteiger partial charge in [0.05, 0.1) is 5.92 Å². The van der Waals surface area contributed by atoms with Crippen LogP contribution in [-0.4, -0.2) is 35.1 Å². The Morgan fingerprint density at radius 2 is 1.69 bits per heavy atom. The molecule has 0 spiro atoms. The van der Waals surface area contributed by atoms with Crippen molar-refractivity contribution in [3.05, 3.63) is 0 Å². The van der Waals surface area contributed by atoms with Gasteiger partial charge in [-0.1, -0.05) is 40.5 Å². The van der Waals surface area contributed by atoms with E-state index in [-0.39, 0.29) is 5.92 Å². The molecule has 0 aromatic heterocycles. The van der Waals surface area contributed by atoms with Crippen molar-refractivity contribution in [2.75, 3.05) is 13.1 Å². The first-order valence-electron chi connectivity index (χ1n) is 6.53. The van der Waals surface area contributed by atoms with Crippen molar-refractivity contribution in [1.29, 1.82) is 0 Å². The van der Waals surface area contributed by atoms with Crippen LogP contribution in [0.1, 0.15) is 53.4 Å². The molecule has 0 fully saturated rings. The summed E-state index contributed by atoms with van der Waals surface area (Å²) in [5.74, 6) is -0.957. The van der Waals surface area contributed by atoms with Crippen molar-refractivity contribution >= 4 is 5.97 Å². The van der Waals surface area contributed by atoms with Gasteiger partial charge in [-0.05, 0) is 19.4 Å². The first-order chi connectivity index (χ1) is 7.56. The number of carboxylic acid groups (broad SMARTS) is 1. The maximum Gasteiger partial charge on any atom is 0.307 e. The van der Waals surface area contributed by atoms with Gasteiger partial charge >= 0.3 is 5.97 Å². The minimum atomic E-state index is -0.690. The highest BCUT2D eigenvalue weighted by Gasteiger charge is 2.20. The first kappa shape index (κ1) is 15.4. The lowest BCUT2D eigenvalue weighted by atomic mass is 10.0. The van der Waals surface area contributed by atoms with Crippen LogP contribution in [0.25, 0.3) is 0 Å². The predicted molar refractivity (Wildman–Crippen MR) is 67.7 cm³/mol. The molecule has 0 heterocycles. The van der Waals surface area contributed by atoms with E-state index in [2.05, 4.69) is 25.7 Å². The molecule has 0 aromatic rings. The highest BCUT2D eigenvalue weighted by atomic mass is 16.4. The lowest BCUT2D eigenvalue weighted by Gasteiger charge is -2.31. The lowest BCUT2D eigenvalue weighted by molar-refractivity contribution is -0.141. The van der Waals surface area contributed by atoms with Crippen LogP contribution in [0.5, 0.6) is 0 Å². The fraction of sp³-hybridized carbons (Fsp3) is 0.923. The molecule has 1 N–H and O–H groups in total. The summed E-state index contributed by atoms with van der Waals surface area (Å²) >= 11 is 0. The molecule has 0 saturated heterocycles. The molecule has 1 atom stereocenters. The molecule has 0 amide bonds. The fourth-order valence-corrected chi connectivity index (χ4v) is 2.14. The second-order valence-electron chi connectivity index (χ2n) is 4.56. The van der Waals surface area contributed by atoms with Gasteiger partial charge in [0.25, 0.3) is 0 Å². The van der Waals surface area contributed by atoms with Gasteiger partial charge in [-0.2, -0.15) is 0 Å². The molecule has 0 saturated carbocycles. The van der Waals surface area contributed by atoms with E-state index in [1.54, 1.807) is 6.92 Å². The normalized spacial score (nSPS) is 13.4. The maximum absolute atomic E-state index is 10.9. The maximum atomic E-state index is 10.9. The molecular weight excluding hydrogens is 202 g/mol. The Kier molecular flexibility index (Phi) is 8.26. The van der Waals surface area contributed by atoms with Crippen LogP contribution in [0, 0.1) is 5.92 Å². The molecule has 3 heteroatoms. The third-order valence-electron chi connectivity index (χ3n) is 3.10. The molecule has 3 nitrogen and oxygen atoms in total. The monoisotopic (exact) mass is 229 g/mol. The van der Waals surface area contributed by atoms with Crippen LogP contribution >= 0.6 is 0 Å². The predicted octanol–water partition coefficient (Wildman–Crippen LogP) is 3.00. The Morgan fingerprint density at radius 3 is 2.00 bits per heavy atom. The second kappa shape index (κ2) is 8.57. The number of hydrogen-bond acceptors (Lipinski definition) is 2. The summed E-state index contributed by atoms with van der Waals surface area (Å²) in [7, 11) is 0. The SMILES string of the molecule is CCCC(CCC)N(CC)CC(C)C(=O)O. The highest BCUT2D eigenvalue weighted by molar-refractivity contribution is 5.69. The Hall–Kier alpha value is -0.570. The molecule has 0 radical (unpaired) electrons. The Morgan fingerprint density at radius 1 is 1.19 bits per heavy atom. The van der Waals surface area contributed by atoms with Crippen LogP contribution in [0.3, 0.4) is 0 Å². The summed E-state index contributed by atoms with van der Waals surface area (Å²) in [5.41, 5.74) is 0. The van der Waals surface area contributed by atoms with Gasteiger partial charge in [-0.15, -0.1) is 0 Å². The van der Waals surface area contributed by atoms with Crippen LogP contribution < -0.4 is 0 Å². The van der Waals surface area contributed by atoms with E-state index in [9.17, 15) is 4.79 Å². The molecule has 0 bridgehead atoms. The smallest absolute Gasteiger partial charge is 0.307 e. The van der Waals surface area contributed by atoms with Crippen molar-refractivity contribution in [2.24, 2.45) is 5.92 Å². The number of carbonyl (C=O) groups is 1. The zero-order valence-corrected chi connectivity index (χ0v) is 11.2. The number of aliphatic carboxylic acids is 1. The van der Waals surface area contributed by atoms with Gasteiger partial charge in [0, 0.05) is 12.6 Å². The number of carboxylic acids is 1. The fourth-order valence-electron chi connectivity index (χ4n) is 2.14. The minimum absolute atomic E-state index is 0.267. The van der Waals surface area contributed by atoms with Gasteiger partial charge in [-0.25, -0.2) is 0 Å². The summed E-state index contributed by atoms with van der Waals surface area (Å²) in [6.45, 7) is 9.92. The molecule has 0 aliphatic heterocycles. The third-order valence-corrected chi connectivity index (χ3v) is 3.10. The van der Waals surface area contributed by atoms with Crippen molar-refractivity contribution in [3.8, 4) is 0 Å². The third kappa shape index (κ3) is 5.50. The van der Waals surface area contributed by atoms with Gasteiger partial charge in [-0.3, -0.25) is 9.69 Å². The molecule has 0 aromatic carbocycles. The van der Waals surface area contributed by atoms with Gasteiger partial charge < -0.3 is 5.11 Å². The average molecular weight is 229 g/mol. The Bertz CT molecular complexity index is 188. The van der Waals surface area contributed by atoms with Gasteiger partial charge in [0.2, 0.25) is 0 Å². The molecule has 0 aliphatic rings. The summed E-state index contributed by atoms with van der Waals surface area (Å²) in [5, 5.41) is 8.94. The van der Waals surface area contributed by atoms with Crippen LogP contribution in [0.4, 0.5) is 0 Å². The van der Waals surface area contributed by atoms with Gasteiger partial charge in [0.1, 0.15) is 0 Å². The first-order valence-corrected chi connectivity index (χ1v) is 6.53. The molecular formula is C13H27NO2. The van der Waals surface area contributed by atoms with E-state index >= 15 is 0 Å². The summed E-state index contributed by atoms with van der Waals surface area (Å²) < 4.78 is 0. The topological polar surface area (TPSA) is 40.5 Å². The Balaban J connectivity index is 4.34. The number of hydrogen-bond donors (Lipinski definition) is 1. The molecule has 96 valence electrons. The van der Waals surface area contributed by atoms with Crippen LogP contribution in [0.15, 0.2) is 0 Å². The van der Waals surface area contributed by atoms with Gasteiger partial charge in [0.15, 0.2) is 0 Å².